The summed E-state index contributed by atoms with van der Waals surface area (Å²) in [6, 6.07) is 5.61. The molecule has 0 atom stereocenters. The molecule has 0 saturated carbocycles. The van der Waals surface area contributed by atoms with Gasteiger partial charge in [0.25, 0.3) is 0 Å². The summed E-state index contributed by atoms with van der Waals surface area (Å²) in [6.07, 6.45) is 2.58. The highest BCUT2D eigenvalue weighted by molar-refractivity contribution is 6.04. The smallest absolute Gasteiger partial charge is 0.354 e. The van der Waals surface area contributed by atoms with E-state index in [4.69, 9.17) is 4.74 Å². The van der Waals surface area contributed by atoms with Gasteiger partial charge in [-0.2, -0.15) is 0 Å². The number of nitrogens with zero attached hydrogens (tertiary/aromatic N) is 2. The molecule has 0 aliphatic rings. The molecule has 2 heterocycles. The van der Waals surface area contributed by atoms with Crippen molar-refractivity contribution in [3.63, 3.8) is 0 Å². The molecule has 0 aromatic carbocycles. The van der Waals surface area contributed by atoms with E-state index in [9.17, 15) is 14.4 Å². The third-order valence-electron chi connectivity index (χ3n) is 4.46. The normalized spacial score (nSPS) is 10.5. The Hall–Kier alpha value is -2.96. The van der Waals surface area contributed by atoms with Crippen LogP contribution >= 0.6 is 0 Å². The molecule has 0 radical (unpaired) electrons. The fraction of sp³-hybridized carbons (Fsp3) is 0.400. The Labute approximate surface area is 158 Å². The Morgan fingerprint density at radius 2 is 1.96 bits per heavy atom. The average molecular weight is 371 g/mol. The number of carbonyl (C=O) groups is 3. The standard InChI is InChI=1S/C20H25N3O4/c1-5-17(25)23(11-9-15-8-6-7-10-21-15)12-16(24)18-13(2)19(20(26)27-4)22-14(18)3/h6-8,10,22H,5,9,11-12H2,1-4H3. The first-order chi connectivity index (χ1) is 12.9. The van der Waals surface area contributed by atoms with Crippen LogP contribution in [-0.2, 0) is 16.0 Å². The molecule has 1 N–H and O–H groups in total. The van der Waals surface area contributed by atoms with Crippen LogP contribution in [0.5, 0.6) is 0 Å². The predicted molar refractivity (Wildman–Crippen MR) is 101 cm³/mol. The van der Waals surface area contributed by atoms with Gasteiger partial charge in [0, 0.05) is 42.5 Å². The van der Waals surface area contributed by atoms with E-state index < -0.39 is 5.97 Å². The molecular formula is C20H25N3O4. The van der Waals surface area contributed by atoms with Crippen LogP contribution in [0.1, 0.15) is 51.1 Å². The molecule has 0 aliphatic carbocycles. The lowest BCUT2D eigenvalue weighted by atomic mass is 10.0. The zero-order valence-corrected chi connectivity index (χ0v) is 16.2. The maximum absolute atomic E-state index is 12.9. The van der Waals surface area contributed by atoms with Crippen LogP contribution in [0.15, 0.2) is 24.4 Å². The number of aryl methyl sites for hydroxylation is 1. The van der Waals surface area contributed by atoms with Crippen LogP contribution in [0.3, 0.4) is 0 Å². The predicted octanol–water partition coefficient (Wildman–Crippen LogP) is 2.48. The van der Waals surface area contributed by atoms with Gasteiger partial charge >= 0.3 is 5.97 Å². The van der Waals surface area contributed by atoms with Gasteiger partial charge in [0.15, 0.2) is 5.78 Å². The summed E-state index contributed by atoms with van der Waals surface area (Å²) in [4.78, 5) is 45.7. The number of amides is 1. The molecule has 0 aliphatic heterocycles. The van der Waals surface area contributed by atoms with Crippen LogP contribution in [0, 0.1) is 13.8 Å². The first-order valence-electron chi connectivity index (χ1n) is 8.87. The highest BCUT2D eigenvalue weighted by Crippen LogP contribution is 2.20. The van der Waals surface area contributed by atoms with Crippen molar-refractivity contribution in [2.75, 3.05) is 20.2 Å². The van der Waals surface area contributed by atoms with E-state index in [1.807, 2.05) is 18.2 Å². The number of esters is 1. The molecule has 0 spiro atoms. The molecule has 0 bridgehead atoms. The minimum absolute atomic E-state index is 0.0420. The quantitative estimate of drug-likeness (QED) is 0.568. The fourth-order valence-electron chi connectivity index (χ4n) is 3.04. The van der Waals surface area contributed by atoms with Crippen LogP contribution in [0.25, 0.3) is 0 Å². The fourth-order valence-corrected chi connectivity index (χ4v) is 3.04. The third-order valence-corrected chi connectivity index (χ3v) is 4.46. The number of ether oxygens (including phenoxy) is 1. The lowest BCUT2D eigenvalue weighted by Gasteiger charge is -2.21. The van der Waals surface area contributed by atoms with Gasteiger partial charge in [-0.3, -0.25) is 14.6 Å². The molecule has 27 heavy (non-hydrogen) atoms. The second-order valence-electron chi connectivity index (χ2n) is 6.28. The summed E-state index contributed by atoms with van der Waals surface area (Å²) >= 11 is 0. The van der Waals surface area contributed by atoms with E-state index in [2.05, 4.69) is 9.97 Å². The van der Waals surface area contributed by atoms with Gasteiger partial charge in [-0.05, 0) is 31.5 Å². The maximum atomic E-state index is 12.9. The van der Waals surface area contributed by atoms with Crippen LogP contribution in [-0.4, -0.2) is 52.7 Å². The van der Waals surface area contributed by atoms with Gasteiger partial charge < -0.3 is 14.6 Å². The number of hydrogen-bond donors (Lipinski definition) is 1. The van der Waals surface area contributed by atoms with Crippen molar-refractivity contribution in [1.82, 2.24) is 14.9 Å². The van der Waals surface area contributed by atoms with E-state index in [1.165, 1.54) is 7.11 Å². The van der Waals surface area contributed by atoms with Crippen molar-refractivity contribution in [2.24, 2.45) is 0 Å². The number of methoxy groups -OCH3 is 1. The molecule has 1 amide bonds. The molecule has 144 valence electrons. The minimum atomic E-state index is -0.522. The summed E-state index contributed by atoms with van der Waals surface area (Å²) in [5.74, 6) is -0.830. The number of aromatic amines is 1. The highest BCUT2D eigenvalue weighted by Gasteiger charge is 2.25. The number of H-pyrrole nitrogens is 1. The van der Waals surface area contributed by atoms with Crippen molar-refractivity contribution in [1.29, 1.82) is 0 Å². The summed E-state index contributed by atoms with van der Waals surface area (Å²) in [6.45, 7) is 5.56. The van der Waals surface area contributed by atoms with E-state index in [0.29, 0.717) is 36.2 Å². The van der Waals surface area contributed by atoms with Gasteiger partial charge in [0.05, 0.1) is 13.7 Å². The van der Waals surface area contributed by atoms with Crippen LogP contribution < -0.4 is 0 Å². The number of carbonyl (C=O) groups excluding carboxylic acids is 3. The number of nitrogens with one attached hydrogen (secondary N) is 1. The highest BCUT2D eigenvalue weighted by atomic mass is 16.5. The Morgan fingerprint density at radius 1 is 1.22 bits per heavy atom. The van der Waals surface area contributed by atoms with E-state index in [-0.39, 0.29) is 23.9 Å². The Bertz CT molecular complexity index is 827. The summed E-state index contributed by atoms with van der Waals surface area (Å²) in [7, 11) is 1.29. The van der Waals surface area contributed by atoms with Gasteiger partial charge in [0.1, 0.15) is 5.69 Å². The molecule has 2 aromatic rings. The SMILES string of the molecule is CCC(=O)N(CCc1ccccn1)CC(=O)c1c(C)[nH]c(C(=O)OC)c1C. The van der Waals surface area contributed by atoms with E-state index >= 15 is 0 Å². The first kappa shape index (κ1) is 20.4. The molecular weight excluding hydrogens is 346 g/mol. The second-order valence-corrected chi connectivity index (χ2v) is 6.28. The van der Waals surface area contributed by atoms with Crippen molar-refractivity contribution >= 4 is 17.7 Å². The van der Waals surface area contributed by atoms with Crippen molar-refractivity contribution in [3.05, 3.63) is 52.6 Å². The van der Waals surface area contributed by atoms with E-state index in [0.717, 1.165) is 5.69 Å². The van der Waals surface area contributed by atoms with Crippen molar-refractivity contribution in [3.8, 4) is 0 Å². The molecule has 2 aromatic heterocycles. The zero-order chi connectivity index (χ0) is 20.0. The van der Waals surface area contributed by atoms with Gasteiger partial charge in [0.2, 0.25) is 5.91 Å². The number of Topliss-reactive ketones (excluding diaryl/α,β-unsaturated/α-hetero) is 1. The van der Waals surface area contributed by atoms with E-state index in [1.54, 1.807) is 31.9 Å². The summed E-state index contributed by atoms with van der Waals surface area (Å²) in [5.41, 5.74) is 2.69. The molecule has 7 nitrogen and oxygen atoms in total. The lowest BCUT2D eigenvalue weighted by Crippen LogP contribution is -2.37. The maximum Gasteiger partial charge on any atom is 0.354 e. The van der Waals surface area contributed by atoms with Crippen molar-refractivity contribution < 1.29 is 19.1 Å². The molecule has 7 heteroatoms. The Morgan fingerprint density at radius 3 is 2.56 bits per heavy atom. The zero-order valence-electron chi connectivity index (χ0n) is 16.2. The number of pyridine rings is 1. The first-order valence-corrected chi connectivity index (χ1v) is 8.87. The van der Waals surface area contributed by atoms with Crippen LogP contribution in [0.4, 0.5) is 0 Å². The van der Waals surface area contributed by atoms with Gasteiger partial charge in [-0.25, -0.2) is 4.79 Å². The monoisotopic (exact) mass is 371 g/mol. The topological polar surface area (TPSA) is 92.4 Å². The number of ketones is 1. The lowest BCUT2D eigenvalue weighted by molar-refractivity contribution is -0.130. The summed E-state index contributed by atoms with van der Waals surface area (Å²) in [5, 5.41) is 0. The third kappa shape index (κ3) is 4.81. The van der Waals surface area contributed by atoms with Gasteiger partial charge in [-0.1, -0.05) is 13.0 Å². The molecule has 0 saturated heterocycles. The second kappa shape index (κ2) is 9.12. The Kier molecular flexibility index (Phi) is 6.87. The average Bonchev–Trinajstić information content (AvgIpc) is 2.98. The number of rotatable bonds is 8. The van der Waals surface area contributed by atoms with Gasteiger partial charge in [-0.15, -0.1) is 0 Å². The number of hydrogen-bond acceptors (Lipinski definition) is 5. The summed E-state index contributed by atoms with van der Waals surface area (Å²) < 4.78 is 4.74. The molecule has 0 fully saturated rings. The largest absolute Gasteiger partial charge is 0.464 e. The minimum Gasteiger partial charge on any atom is -0.464 e. The van der Waals surface area contributed by atoms with Crippen LogP contribution in [0.2, 0.25) is 0 Å². The van der Waals surface area contributed by atoms with Crippen molar-refractivity contribution in [2.45, 2.75) is 33.6 Å². The Balaban J connectivity index is 2.17. The molecule has 0 unspecified atom stereocenters. The number of aromatic nitrogens is 2. The molecule has 2 rings (SSSR count).